The summed E-state index contributed by atoms with van der Waals surface area (Å²) in [5, 5.41) is 0.279. The van der Waals surface area contributed by atoms with Gasteiger partial charge in [0, 0.05) is 0 Å². The van der Waals surface area contributed by atoms with Gasteiger partial charge in [0.1, 0.15) is 0 Å². The normalized spacial score (nSPS) is 23.7. The number of rotatable bonds is 0. The number of allylic oxidation sites excluding steroid dienone is 4. The molecule has 0 spiro atoms. The minimum Gasteiger partial charge on any atom is -0.0888 e. The Morgan fingerprint density at radius 3 is 0.842 bits per heavy atom. The van der Waals surface area contributed by atoms with Crippen molar-refractivity contribution in [2.45, 2.75) is 55.7 Å². The van der Waals surface area contributed by atoms with E-state index in [0.29, 0.717) is 0 Å². The van der Waals surface area contributed by atoms with Gasteiger partial charge in [-0.1, -0.05) is 121 Å². The Labute approximate surface area is 145 Å². The molecule has 110 valence electrons. The molecule has 1 fully saturated rings. The molecule has 0 aromatic heterocycles. The summed E-state index contributed by atoms with van der Waals surface area (Å²) in [4.78, 5) is 0. The number of halogens is 6. The largest absolute Gasteiger partial charge is 0.191 e. The first-order valence-corrected chi connectivity index (χ1v) is 8.65. The second kappa shape index (κ2) is 8.61. The van der Waals surface area contributed by atoms with Crippen molar-refractivity contribution in [1.29, 1.82) is 0 Å². The lowest BCUT2D eigenvalue weighted by molar-refractivity contribution is 0.504. The summed E-state index contributed by atoms with van der Waals surface area (Å²) >= 11 is 33.8. The highest BCUT2D eigenvalue weighted by Crippen LogP contribution is 2.53. The molecule has 0 radical (unpaired) electrons. The van der Waals surface area contributed by atoms with Gasteiger partial charge in [-0.25, -0.2) is 0 Å². The molecule has 0 N–H and O–H groups in total. The summed E-state index contributed by atoms with van der Waals surface area (Å²) < 4.78 is -1.47. The van der Waals surface area contributed by atoms with Crippen LogP contribution in [-0.4, -0.2) is 4.33 Å². The molecular weight excluding hydrogens is 369 g/mol. The highest BCUT2D eigenvalue weighted by Gasteiger charge is 2.42. The Morgan fingerprint density at radius 2 is 0.737 bits per heavy atom. The fourth-order valence-electron chi connectivity index (χ4n) is 1.98. The van der Waals surface area contributed by atoms with Crippen LogP contribution in [-0.2, 0) is 0 Å². The monoisotopic (exact) mass is 382 g/mol. The summed E-state index contributed by atoms with van der Waals surface area (Å²) in [7, 11) is 0. The topological polar surface area (TPSA) is 0 Å². The molecule has 0 saturated heterocycles. The second-order valence-corrected chi connectivity index (χ2v) is 7.50. The highest BCUT2D eigenvalue weighted by atomic mass is 35.5. The van der Waals surface area contributed by atoms with Gasteiger partial charge in [-0.2, -0.15) is 0 Å². The standard InChI is InChI=1S/C8H16.C5Cl6/c1-2-4-6-8-7-5-3-1;6-1-2(7)4(9)5(10,11)3(1)8/h1-8H2;. The van der Waals surface area contributed by atoms with Crippen LogP contribution in [0, 0.1) is 0 Å². The fourth-order valence-corrected chi connectivity index (χ4v) is 3.55. The van der Waals surface area contributed by atoms with Crippen molar-refractivity contribution < 1.29 is 0 Å². The lowest BCUT2D eigenvalue weighted by Gasteiger charge is -2.11. The third kappa shape index (κ3) is 5.16. The van der Waals surface area contributed by atoms with E-state index in [9.17, 15) is 0 Å². The third-order valence-corrected chi connectivity index (χ3v) is 6.26. The van der Waals surface area contributed by atoms with E-state index in [0.717, 1.165) is 0 Å². The lowest BCUT2D eigenvalue weighted by atomic mass is 10.0. The Morgan fingerprint density at radius 1 is 0.526 bits per heavy atom. The lowest BCUT2D eigenvalue weighted by Crippen LogP contribution is -2.09. The molecule has 0 atom stereocenters. The van der Waals surface area contributed by atoms with Crippen LogP contribution in [0.25, 0.3) is 0 Å². The molecule has 2 aliphatic carbocycles. The van der Waals surface area contributed by atoms with Crippen molar-refractivity contribution in [2.75, 3.05) is 0 Å². The van der Waals surface area contributed by atoms with E-state index in [1.165, 1.54) is 51.4 Å². The van der Waals surface area contributed by atoms with Gasteiger partial charge in [0.05, 0.1) is 20.1 Å². The molecule has 0 aromatic carbocycles. The molecule has 0 nitrogen and oxygen atoms in total. The second-order valence-electron chi connectivity index (χ2n) is 4.66. The summed E-state index contributed by atoms with van der Waals surface area (Å²) in [6.45, 7) is 0. The predicted molar refractivity (Wildman–Crippen MR) is 88.8 cm³/mol. The maximum absolute atomic E-state index is 5.68. The van der Waals surface area contributed by atoms with E-state index in [4.69, 9.17) is 69.6 Å². The van der Waals surface area contributed by atoms with Crippen molar-refractivity contribution in [3.8, 4) is 0 Å². The van der Waals surface area contributed by atoms with Gasteiger partial charge >= 0.3 is 0 Å². The maximum atomic E-state index is 5.68. The first-order valence-electron chi connectivity index (χ1n) is 6.38. The summed E-state index contributed by atoms with van der Waals surface area (Å²) in [5.41, 5.74) is 0. The van der Waals surface area contributed by atoms with Crippen LogP contribution in [0.15, 0.2) is 20.1 Å². The van der Waals surface area contributed by atoms with E-state index in [-0.39, 0.29) is 20.1 Å². The van der Waals surface area contributed by atoms with E-state index in [1.807, 2.05) is 0 Å². The Hall–Kier alpha value is 1.22. The van der Waals surface area contributed by atoms with Crippen molar-refractivity contribution in [1.82, 2.24) is 0 Å². The van der Waals surface area contributed by atoms with Crippen LogP contribution >= 0.6 is 69.6 Å². The van der Waals surface area contributed by atoms with Gasteiger partial charge in [0.25, 0.3) is 0 Å². The van der Waals surface area contributed by atoms with Crippen LogP contribution in [0.3, 0.4) is 0 Å². The molecule has 0 heterocycles. The van der Waals surface area contributed by atoms with Gasteiger partial charge in [-0.05, 0) is 0 Å². The quantitative estimate of drug-likeness (QED) is 0.376. The Bertz CT molecular complexity index is 319. The van der Waals surface area contributed by atoms with Crippen LogP contribution in [0.1, 0.15) is 51.4 Å². The van der Waals surface area contributed by atoms with Crippen molar-refractivity contribution in [3.05, 3.63) is 20.1 Å². The molecule has 2 aliphatic rings. The maximum Gasteiger partial charge on any atom is 0.191 e. The molecule has 2 rings (SSSR count). The number of alkyl halides is 2. The predicted octanol–water partition coefficient (Wildman–Crippen LogP) is 7.67. The third-order valence-electron chi connectivity index (χ3n) is 3.13. The molecule has 19 heavy (non-hydrogen) atoms. The molecular formula is C13H16Cl6. The number of hydrogen-bond donors (Lipinski definition) is 0. The molecule has 1 saturated carbocycles. The molecule has 6 heteroatoms. The molecule has 0 bridgehead atoms. The SMILES string of the molecule is C1CCCCCCC1.ClC1=C(Cl)C(Cl)(Cl)C(Cl)=C1Cl. The minimum absolute atomic E-state index is 0.0394. The summed E-state index contributed by atoms with van der Waals surface area (Å²) in [6, 6.07) is 0. The van der Waals surface area contributed by atoms with Gasteiger partial charge in [-0.3, -0.25) is 0 Å². The fraction of sp³-hybridized carbons (Fsp3) is 0.692. The summed E-state index contributed by atoms with van der Waals surface area (Å²) in [6.07, 6.45) is 12.0. The first kappa shape index (κ1) is 18.3. The van der Waals surface area contributed by atoms with Crippen molar-refractivity contribution in [3.63, 3.8) is 0 Å². The Balaban J connectivity index is 0.000000200. The molecule has 0 amide bonds. The zero-order valence-corrected chi connectivity index (χ0v) is 15.0. The van der Waals surface area contributed by atoms with Gasteiger partial charge in [0.15, 0.2) is 4.33 Å². The van der Waals surface area contributed by atoms with E-state index < -0.39 is 4.33 Å². The zero-order valence-electron chi connectivity index (χ0n) is 10.4. The van der Waals surface area contributed by atoms with Crippen molar-refractivity contribution in [2.24, 2.45) is 0 Å². The van der Waals surface area contributed by atoms with Gasteiger partial charge < -0.3 is 0 Å². The number of hydrogen-bond acceptors (Lipinski definition) is 0. The molecule has 0 aromatic rings. The first-order chi connectivity index (χ1) is 8.89. The highest BCUT2D eigenvalue weighted by molar-refractivity contribution is 6.67. The average Bonchev–Trinajstić information content (AvgIpc) is 2.45. The van der Waals surface area contributed by atoms with Crippen LogP contribution in [0.5, 0.6) is 0 Å². The average molecular weight is 385 g/mol. The minimum atomic E-state index is -1.47. The van der Waals surface area contributed by atoms with E-state index >= 15 is 0 Å². The van der Waals surface area contributed by atoms with Gasteiger partial charge in [0.2, 0.25) is 0 Å². The van der Waals surface area contributed by atoms with E-state index in [1.54, 1.807) is 0 Å². The van der Waals surface area contributed by atoms with E-state index in [2.05, 4.69) is 0 Å². The zero-order chi connectivity index (χ0) is 14.5. The summed E-state index contributed by atoms with van der Waals surface area (Å²) in [5.74, 6) is 0. The molecule has 0 aliphatic heterocycles. The Kier molecular flexibility index (Phi) is 8.28. The van der Waals surface area contributed by atoms with Crippen LogP contribution < -0.4 is 0 Å². The smallest absolute Gasteiger partial charge is 0.0888 e. The van der Waals surface area contributed by atoms with Crippen LogP contribution in [0.4, 0.5) is 0 Å². The molecule has 0 unspecified atom stereocenters. The van der Waals surface area contributed by atoms with Gasteiger partial charge in [-0.15, -0.1) is 0 Å². The van der Waals surface area contributed by atoms with Crippen molar-refractivity contribution >= 4 is 69.6 Å². The van der Waals surface area contributed by atoms with Crippen LogP contribution in [0.2, 0.25) is 0 Å².